The van der Waals surface area contributed by atoms with Gasteiger partial charge in [0.2, 0.25) is 0 Å². The lowest BCUT2D eigenvalue weighted by molar-refractivity contribution is -0.150. The lowest BCUT2D eigenvalue weighted by Gasteiger charge is -2.65. The number of carbonyl (C=O) groups excluding carboxylic acids is 1. The molecule has 29 heavy (non-hydrogen) atoms. The summed E-state index contributed by atoms with van der Waals surface area (Å²) in [5, 5.41) is 3.38. The van der Waals surface area contributed by atoms with Gasteiger partial charge in [-0.3, -0.25) is 4.79 Å². The minimum Gasteiger partial charge on any atom is -0.469 e. The highest BCUT2D eigenvalue weighted by Gasteiger charge is 2.65. The Hall–Kier alpha value is -1.01. The summed E-state index contributed by atoms with van der Waals surface area (Å²) in [6, 6.07) is 0.00581. The molecule has 0 aromatic rings. The predicted molar refractivity (Wildman–Crippen MR) is 111 cm³/mol. The van der Waals surface area contributed by atoms with Gasteiger partial charge in [0, 0.05) is 5.54 Å². The fraction of sp³-hybridized carbons (Fsp3) is 0.957. The van der Waals surface area contributed by atoms with Gasteiger partial charge in [-0.2, -0.15) is 4.91 Å². The van der Waals surface area contributed by atoms with E-state index in [0.717, 1.165) is 57.8 Å². The Morgan fingerprint density at radius 3 is 2.48 bits per heavy atom. The minimum absolute atomic E-state index is 0.00581. The number of methoxy groups -OCH3 is 1. The molecule has 0 aromatic carbocycles. The summed E-state index contributed by atoms with van der Waals surface area (Å²) in [5.41, 5.74) is 7.53. The van der Waals surface area contributed by atoms with Crippen molar-refractivity contribution in [2.75, 3.05) is 13.7 Å². The highest BCUT2D eigenvalue weighted by Crippen LogP contribution is 2.67. The summed E-state index contributed by atoms with van der Waals surface area (Å²) in [6.45, 7) is 5.26. The smallest absolute Gasteiger partial charge is 0.307 e. The molecule has 0 radical (unpaired) electrons. The van der Waals surface area contributed by atoms with Crippen LogP contribution in [-0.4, -0.2) is 37.4 Å². The number of nitroso groups, excluding NO2 is 1. The van der Waals surface area contributed by atoms with E-state index in [1.807, 2.05) is 0 Å². The lowest BCUT2D eigenvalue weighted by atomic mass is 9.42. The van der Waals surface area contributed by atoms with Crippen LogP contribution in [0.3, 0.4) is 0 Å². The van der Waals surface area contributed by atoms with E-state index in [0.29, 0.717) is 30.8 Å². The largest absolute Gasteiger partial charge is 0.469 e. The van der Waals surface area contributed by atoms with Crippen LogP contribution in [0.2, 0.25) is 0 Å². The zero-order valence-electron chi connectivity index (χ0n) is 18.3. The van der Waals surface area contributed by atoms with Gasteiger partial charge in [0.25, 0.3) is 0 Å². The number of rotatable bonds is 5. The van der Waals surface area contributed by atoms with Crippen molar-refractivity contribution < 1.29 is 14.3 Å². The van der Waals surface area contributed by atoms with Crippen molar-refractivity contribution in [3.8, 4) is 0 Å². The van der Waals surface area contributed by atoms with E-state index in [9.17, 15) is 9.70 Å². The van der Waals surface area contributed by atoms with E-state index in [-0.39, 0.29) is 34.5 Å². The third kappa shape index (κ3) is 3.25. The standard InChI is InChI=1S/C23H38N2O4/c1-21-10-7-16(25-27)14-15(21)6-12-23(24)17-4-5-19(29-13-9-20(26)28-3)22(17,2)11-8-18(21)23/h15-19H,4-14,24H2,1-3H3. The molecule has 6 nitrogen and oxygen atoms in total. The van der Waals surface area contributed by atoms with Crippen molar-refractivity contribution in [3.63, 3.8) is 0 Å². The summed E-state index contributed by atoms with van der Waals surface area (Å²) in [4.78, 5) is 22.6. The van der Waals surface area contributed by atoms with Crippen LogP contribution >= 0.6 is 0 Å². The Balaban J connectivity index is 1.50. The van der Waals surface area contributed by atoms with Gasteiger partial charge in [-0.1, -0.05) is 19.0 Å². The van der Waals surface area contributed by atoms with E-state index in [2.05, 4.69) is 19.0 Å². The molecule has 0 saturated heterocycles. The second-order valence-electron chi connectivity index (χ2n) is 10.8. The van der Waals surface area contributed by atoms with Crippen molar-refractivity contribution in [2.45, 2.75) is 95.7 Å². The van der Waals surface area contributed by atoms with Crippen LogP contribution in [0.5, 0.6) is 0 Å². The number of fused-ring (bicyclic) bond motifs is 5. The molecule has 4 saturated carbocycles. The molecular weight excluding hydrogens is 368 g/mol. The van der Waals surface area contributed by atoms with Gasteiger partial charge in [-0.25, -0.2) is 0 Å². The summed E-state index contributed by atoms with van der Waals surface area (Å²) in [5.74, 6) is 1.36. The zero-order valence-corrected chi connectivity index (χ0v) is 18.3. The third-order valence-corrected chi connectivity index (χ3v) is 9.75. The number of hydrogen-bond acceptors (Lipinski definition) is 6. The molecule has 0 aliphatic heterocycles. The van der Waals surface area contributed by atoms with Gasteiger partial charge >= 0.3 is 5.97 Å². The second-order valence-corrected chi connectivity index (χ2v) is 10.8. The number of esters is 1. The topological polar surface area (TPSA) is 91.0 Å². The van der Waals surface area contributed by atoms with E-state index >= 15 is 0 Å². The first-order valence-corrected chi connectivity index (χ1v) is 11.6. The summed E-state index contributed by atoms with van der Waals surface area (Å²) < 4.78 is 11.0. The second kappa shape index (κ2) is 7.60. The first-order valence-electron chi connectivity index (χ1n) is 11.6. The van der Waals surface area contributed by atoms with Crippen molar-refractivity contribution in [3.05, 3.63) is 4.91 Å². The Kier molecular flexibility index (Phi) is 5.56. The van der Waals surface area contributed by atoms with Gasteiger partial charge < -0.3 is 15.2 Å². The maximum atomic E-state index is 11.5. The Labute approximate surface area is 174 Å². The highest BCUT2D eigenvalue weighted by atomic mass is 16.5. The average Bonchev–Trinajstić information content (AvgIpc) is 3.04. The molecule has 4 aliphatic rings. The number of nitrogens with two attached hydrogens (primary N) is 1. The van der Waals surface area contributed by atoms with Gasteiger partial charge in [-0.15, -0.1) is 0 Å². The molecule has 0 spiro atoms. The summed E-state index contributed by atoms with van der Waals surface area (Å²) >= 11 is 0. The molecule has 4 rings (SSSR count). The molecule has 0 aromatic heterocycles. The van der Waals surface area contributed by atoms with E-state index in [1.165, 1.54) is 7.11 Å². The number of carbonyl (C=O) groups is 1. The van der Waals surface area contributed by atoms with E-state index in [1.54, 1.807) is 0 Å². The summed E-state index contributed by atoms with van der Waals surface area (Å²) in [6.07, 6.45) is 10.1. The molecule has 0 bridgehead atoms. The van der Waals surface area contributed by atoms with Gasteiger partial charge in [0.05, 0.1) is 32.3 Å². The predicted octanol–water partition coefficient (Wildman–Crippen LogP) is 4.19. The SMILES string of the molecule is COC(=O)CCOC1CCC2C1(C)CCC1C3(C)CCC(N=O)CC3CCC12N. The molecule has 164 valence electrons. The van der Waals surface area contributed by atoms with E-state index < -0.39 is 0 Å². The fourth-order valence-corrected chi connectivity index (χ4v) is 8.16. The first-order chi connectivity index (χ1) is 13.8. The third-order valence-electron chi connectivity index (χ3n) is 9.75. The van der Waals surface area contributed by atoms with Crippen LogP contribution in [0, 0.1) is 33.5 Å². The van der Waals surface area contributed by atoms with Crippen LogP contribution < -0.4 is 5.73 Å². The van der Waals surface area contributed by atoms with Crippen LogP contribution in [-0.2, 0) is 14.3 Å². The van der Waals surface area contributed by atoms with Crippen LogP contribution in [0.15, 0.2) is 5.18 Å². The number of ether oxygens (including phenoxy) is 2. The molecule has 8 atom stereocenters. The molecular formula is C23H38N2O4. The average molecular weight is 407 g/mol. The van der Waals surface area contributed by atoms with Crippen molar-refractivity contribution in [1.82, 2.24) is 0 Å². The number of nitrogens with zero attached hydrogens (tertiary/aromatic N) is 1. The van der Waals surface area contributed by atoms with Gasteiger partial charge in [-0.05, 0) is 86.4 Å². The monoisotopic (exact) mass is 406 g/mol. The summed E-state index contributed by atoms with van der Waals surface area (Å²) in [7, 11) is 1.42. The highest BCUT2D eigenvalue weighted by molar-refractivity contribution is 5.69. The molecule has 2 N–H and O–H groups in total. The van der Waals surface area contributed by atoms with Crippen LogP contribution in [0.4, 0.5) is 0 Å². The first kappa shape index (κ1) is 21.2. The van der Waals surface area contributed by atoms with Gasteiger partial charge in [0.15, 0.2) is 0 Å². The van der Waals surface area contributed by atoms with Crippen LogP contribution in [0.1, 0.15) is 78.1 Å². The maximum absolute atomic E-state index is 11.5. The molecule has 0 amide bonds. The fourth-order valence-electron chi connectivity index (χ4n) is 8.16. The Morgan fingerprint density at radius 1 is 1.03 bits per heavy atom. The molecule has 0 heterocycles. The normalized spacial score (nSPS) is 48.9. The van der Waals surface area contributed by atoms with Crippen molar-refractivity contribution in [2.24, 2.45) is 39.5 Å². The van der Waals surface area contributed by atoms with Crippen molar-refractivity contribution in [1.29, 1.82) is 0 Å². The molecule has 4 aliphatic carbocycles. The van der Waals surface area contributed by atoms with Crippen LogP contribution in [0.25, 0.3) is 0 Å². The quantitative estimate of drug-likeness (QED) is 0.546. The van der Waals surface area contributed by atoms with Gasteiger partial charge in [0.1, 0.15) is 0 Å². The Morgan fingerprint density at radius 2 is 1.76 bits per heavy atom. The molecule has 6 heteroatoms. The molecule has 4 fully saturated rings. The lowest BCUT2D eigenvalue weighted by Crippen LogP contribution is -2.68. The number of hydrogen-bond donors (Lipinski definition) is 1. The Bertz CT molecular complexity index is 657. The minimum atomic E-state index is -0.213. The zero-order chi connectivity index (χ0) is 20.9. The van der Waals surface area contributed by atoms with E-state index in [4.69, 9.17) is 15.2 Å². The maximum Gasteiger partial charge on any atom is 0.307 e. The van der Waals surface area contributed by atoms with Crippen molar-refractivity contribution >= 4 is 5.97 Å². The molecule has 8 unspecified atom stereocenters.